The molecule has 0 radical (unpaired) electrons. The summed E-state index contributed by atoms with van der Waals surface area (Å²) in [7, 11) is 0. The molecule has 4 fully saturated rings. The Kier molecular flexibility index (Phi) is 3.97. The van der Waals surface area contributed by atoms with Crippen molar-refractivity contribution < 1.29 is 20.1 Å². The van der Waals surface area contributed by atoms with Crippen LogP contribution in [0.25, 0.3) is 0 Å². The number of Topliss-reactive ketones (excluding diaryl/α,β-unsaturated/α-hetero) is 1. The minimum Gasteiger partial charge on any atom is -0.393 e. The van der Waals surface area contributed by atoms with Crippen LogP contribution < -0.4 is 0 Å². The van der Waals surface area contributed by atoms with Gasteiger partial charge in [0.1, 0.15) is 5.60 Å². The fourth-order valence-corrected chi connectivity index (χ4v) is 7.87. The molecule has 4 aliphatic carbocycles. The number of aliphatic hydroxyl groups is 3. The summed E-state index contributed by atoms with van der Waals surface area (Å²) in [5, 5.41) is 32.2. The van der Waals surface area contributed by atoms with Gasteiger partial charge in [-0.2, -0.15) is 0 Å². The summed E-state index contributed by atoms with van der Waals surface area (Å²) in [6.07, 6.45) is 6.07. The molecule has 25 heavy (non-hydrogen) atoms. The second-order valence-corrected chi connectivity index (χ2v) is 10.1. The summed E-state index contributed by atoms with van der Waals surface area (Å²) in [6.45, 7) is 5.99. The van der Waals surface area contributed by atoms with E-state index in [0.29, 0.717) is 24.2 Å². The lowest BCUT2D eigenvalue weighted by atomic mass is 9.43. The van der Waals surface area contributed by atoms with Gasteiger partial charge in [0.25, 0.3) is 0 Å². The highest BCUT2D eigenvalue weighted by atomic mass is 16.3. The van der Waals surface area contributed by atoms with Crippen LogP contribution in [0.3, 0.4) is 0 Å². The monoisotopic (exact) mass is 350 g/mol. The van der Waals surface area contributed by atoms with Crippen molar-refractivity contribution in [1.82, 2.24) is 0 Å². The van der Waals surface area contributed by atoms with E-state index in [1.165, 1.54) is 6.92 Å². The van der Waals surface area contributed by atoms with Crippen molar-refractivity contribution >= 4 is 5.78 Å². The van der Waals surface area contributed by atoms with Crippen LogP contribution in [-0.4, -0.2) is 38.9 Å². The Morgan fingerprint density at radius 3 is 2.28 bits per heavy atom. The summed E-state index contributed by atoms with van der Waals surface area (Å²) in [4.78, 5) is 12.3. The molecule has 3 N–H and O–H groups in total. The minimum atomic E-state index is -1.19. The Morgan fingerprint density at radius 2 is 1.60 bits per heavy atom. The van der Waals surface area contributed by atoms with Crippen LogP contribution in [0.5, 0.6) is 0 Å². The lowest BCUT2D eigenvalue weighted by molar-refractivity contribution is -0.189. The van der Waals surface area contributed by atoms with E-state index in [2.05, 4.69) is 13.8 Å². The first kappa shape index (κ1) is 17.9. The van der Waals surface area contributed by atoms with Crippen LogP contribution in [0.2, 0.25) is 0 Å². The minimum absolute atomic E-state index is 0.0832. The molecule has 0 saturated heterocycles. The zero-order chi connectivity index (χ0) is 18.2. The maximum absolute atomic E-state index is 12.3. The molecule has 5 unspecified atom stereocenters. The van der Waals surface area contributed by atoms with E-state index >= 15 is 0 Å². The lowest BCUT2D eigenvalue weighted by Crippen LogP contribution is -2.61. The average molecular weight is 350 g/mol. The predicted octanol–water partition coefficient (Wildman–Crippen LogP) is 2.68. The lowest BCUT2D eigenvalue weighted by Gasteiger charge is -2.62. The molecule has 0 aromatic carbocycles. The number of hydrogen-bond acceptors (Lipinski definition) is 4. The van der Waals surface area contributed by atoms with E-state index < -0.39 is 5.60 Å². The Morgan fingerprint density at radius 1 is 0.920 bits per heavy atom. The SMILES string of the molecule is CC(=O)[C@]1(O)CCC2C3C[C@@H](O)C4C[C@@H](O)CCC4(C)C3CC[C@]21C. The fraction of sp³-hybridized carbons (Fsp3) is 0.952. The summed E-state index contributed by atoms with van der Waals surface area (Å²) >= 11 is 0. The molecule has 4 saturated carbocycles. The van der Waals surface area contributed by atoms with Gasteiger partial charge in [0.15, 0.2) is 5.78 Å². The van der Waals surface area contributed by atoms with E-state index in [-0.39, 0.29) is 34.7 Å². The van der Waals surface area contributed by atoms with Crippen LogP contribution in [0.1, 0.15) is 72.1 Å². The number of ketones is 1. The van der Waals surface area contributed by atoms with Crippen molar-refractivity contribution in [2.24, 2.45) is 34.5 Å². The maximum atomic E-state index is 12.3. The second kappa shape index (κ2) is 5.53. The van der Waals surface area contributed by atoms with Crippen molar-refractivity contribution in [2.45, 2.75) is 89.9 Å². The van der Waals surface area contributed by atoms with Crippen molar-refractivity contribution in [1.29, 1.82) is 0 Å². The van der Waals surface area contributed by atoms with Gasteiger partial charge in [-0.25, -0.2) is 0 Å². The van der Waals surface area contributed by atoms with Crippen LogP contribution >= 0.6 is 0 Å². The van der Waals surface area contributed by atoms with Gasteiger partial charge in [-0.15, -0.1) is 0 Å². The molecule has 9 atom stereocenters. The second-order valence-electron chi connectivity index (χ2n) is 10.1. The molecule has 4 rings (SSSR count). The molecule has 4 heteroatoms. The van der Waals surface area contributed by atoms with Gasteiger partial charge in [-0.05, 0) is 87.4 Å². The molecule has 0 aromatic heterocycles. The molecule has 0 bridgehead atoms. The van der Waals surface area contributed by atoms with E-state index in [9.17, 15) is 20.1 Å². The molecule has 0 heterocycles. The van der Waals surface area contributed by atoms with Crippen LogP contribution in [-0.2, 0) is 4.79 Å². The van der Waals surface area contributed by atoms with Gasteiger partial charge < -0.3 is 15.3 Å². The first-order valence-electron chi connectivity index (χ1n) is 10.2. The highest BCUT2D eigenvalue weighted by Crippen LogP contribution is 2.68. The number of rotatable bonds is 1. The third kappa shape index (κ3) is 2.20. The van der Waals surface area contributed by atoms with Gasteiger partial charge in [-0.1, -0.05) is 13.8 Å². The summed E-state index contributed by atoms with van der Waals surface area (Å²) in [5.74, 6) is 1.35. The molecule has 0 aromatic rings. The van der Waals surface area contributed by atoms with Gasteiger partial charge in [-0.3, -0.25) is 4.79 Å². The highest BCUT2D eigenvalue weighted by Gasteiger charge is 2.67. The third-order valence-electron chi connectivity index (χ3n) is 9.39. The number of aliphatic hydroxyl groups excluding tert-OH is 2. The Balaban J connectivity index is 1.68. The smallest absolute Gasteiger partial charge is 0.161 e. The molecule has 142 valence electrons. The average Bonchev–Trinajstić information content (AvgIpc) is 2.83. The quantitative estimate of drug-likeness (QED) is 0.679. The fourth-order valence-electron chi connectivity index (χ4n) is 7.87. The van der Waals surface area contributed by atoms with Crippen LogP contribution in [0, 0.1) is 34.5 Å². The first-order chi connectivity index (χ1) is 11.6. The molecular weight excluding hydrogens is 316 g/mol. The normalized spacial score (nSPS) is 58.2. The van der Waals surface area contributed by atoms with Crippen molar-refractivity contribution in [2.75, 3.05) is 0 Å². The van der Waals surface area contributed by atoms with Gasteiger partial charge >= 0.3 is 0 Å². The van der Waals surface area contributed by atoms with E-state index in [1.807, 2.05) is 0 Å². The third-order valence-corrected chi connectivity index (χ3v) is 9.39. The molecule has 0 amide bonds. The molecule has 0 aliphatic heterocycles. The highest BCUT2D eigenvalue weighted by molar-refractivity contribution is 5.86. The Bertz CT molecular complexity index is 576. The topological polar surface area (TPSA) is 77.8 Å². The van der Waals surface area contributed by atoms with Crippen molar-refractivity contribution in [3.63, 3.8) is 0 Å². The Labute approximate surface area is 151 Å². The first-order valence-corrected chi connectivity index (χ1v) is 10.2. The van der Waals surface area contributed by atoms with E-state index in [1.54, 1.807) is 0 Å². The van der Waals surface area contributed by atoms with Gasteiger partial charge in [0, 0.05) is 5.41 Å². The van der Waals surface area contributed by atoms with Crippen LogP contribution in [0.4, 0.5) is 0 Å². The summed E-state index contributed by atoms with van der Waals surface area (Å²) in [5.41, 5.74) is -1.45. The summed E-state index contributed by atoms with van der Waals surface area (Å²) in [6, 6.07) is 0. The molecular formula is C21H34O4. The number of carbonyl (C=O) groups is 1. The van der Waals surface area contributed by atoms with Crippen LogP contribution in [0.15, 0.2) is 0 Å². The van der Waals surface area contributed by atoms with E-state index in [0.717, 1.165) is 44.9 Å². The van der Waals surface area contributed by atoms with Crippen molar-refractivity contribution in [3.8, 4) is 0 Å². The largest absolute Gasteiger partial charge is 0.393 e. The zero-order valence-electron chi connectivity index (χ0n) is 15.9. The van der Waals surface area contributed by atoms with Gasteiger partial charge in [0.2, 0.25) is 0 Å². The molecule has 4 nitrogen and oxygen atoms in total. The summed E-state index contributed by atoms with van der Waals surface area (Å²) < 4.78 is 0. The number of carbonyl (C=O) groups excluding carboxylic acids is 1. The Hall–Kier alpha value is -0.450. The van der Waals surface area contributed by atoms with E-state index in [4.69, 9.17) is 0 Å². The predicted molar refractivity (Wildman–Crippen MR) is 94.8 cm³/mol. The molecule has 0 spiro atoms. The standard InChI is InChI=1S/C21H34O4/c1-12(22)21(25)9-6-16-14-11-18(24)17-10-13(23)4-7-19(17,2)15(14)5-8-20(16,21)3/h13-18,23-25H,4-11H2,1-3H3/t13-,14?,15?,16?,17?,18+,19?,20+,21+/m0/s1. The zero-order valence-corrected chi connectivity index (χ0v) is 15.9. The number of fused-ring (bicyclic) bond motifs is 5. The van der Waals surface area contributed by atoms with Crippen molar-refractivity contribution in [3.05, 3.63) is 0 Å². The van der Waals surface area contributed by atoms with Gasteiger partial charge in [0.05, 0.1) is 12.2 Å². The maximum Gasteiger partial charge on any atom is 0.161 e. The molecule has 4 aliphatic rings. The number of hydrogen-bond donors (Lipinski definition) is 3.